The molecule has 0 aromatic rings. The highest BCUT2D eigenvalue weighted by Crippen LogP contribution is 2.14. The molecule has 0 bridgehead atoms. The lowest BCUT2D eigenvalue weighted by atomic mass is 10.1. The van der Waals surface area contributed by atoms with E-state index in [4.69, 9.17) is 0 Å². The summed E-state index contributed by atoms with van der Waals surface area (Å²) in [6, 6.07) is 0.0674. The molecule has 0 aliphatic carbocycles. The molecule has 158 valence electrons. The number of hydrogen-bond donors (Lipinski definition) is 3. The fourth-order valence-corrected chi connectivity index (χ4v) is 3.58. The Labute approximate surface area is 162 Å². The lowest BCUT2D eigenvalue weighted by molar-refractivity contribution is -0.105. The van der Waals surface area contributed by atoms with Gasteiger partial charge in [0.2, 0.25) is 0 Å². The second-order valence-corrected chi connectivity index (χ2v) is 7.86. The zero-order valence-corrected chi connectivity index (χ0v) is 18.0. The maximum absolute atomic E-state index is 10.1. The van der Waals surface area contributed by atoms with E-state index in [1.165, 1.54) is 57.8 Å². The van der Waals surface area contributed by atoms with Gasteiger partial charge in [0.15, 0.2) is 0 Å². The van der Waals surface area contributed by atoms with Gasteiger partial charge in [-0.2, -0.15) is 0 Å². The van der Waals surface area contributed by atoms with Crippen molar-refractivity contribution >= 4 is 0 Å². The monoisotopic (exact) mass is 374 g/mol. The summed E-state index contributed by atoms with van der Waals surface area (Å²) in [5, 5.41) is 29.7. The average molecular weight is 375 g/mol. The van der Waals surface area contributed by atoms with Crippen molar-refractivity contribution < 1.29 is 15.3 Å². The molecule has 0 aromatic heterocycles. The summed E-state index contributed by atoms with van der Waals surface area (Å²) in [6.45, 7) is 10.8. The molecule has 0 aliphatic heterocycles. The molecule has 0 amide bonds. The molecule has 5 heteroatoms. The second-order valence-electron chi connectivity index (χ2n) is 7.86. The van der Waals surface area contributed by atoms with Crippen molar-refractivity contribution in [1.82, 2.24) is 9.80 Å². The molecule has 0 aromatic carbocycles. The third-order valence-corrected chi connectivity index (χ3v) is 5.25. The standard InChI is InChI=1S/C21H46N2O3/c1-6-7-8-9-10-11-12-13-14-15-16-22(19(3)24)18(2)17-23(20(4)25)21(5)26/h18-21,24-26H,6-17H2,1-5H3. The van der Waals surface area contributed by atoms with Crippen LogP contribution in [0.5, 0.6) is 0 Å². The van der Waals surface area contributed by atoms with Crippen LogP contribution in [0.3, 0.4) is 0 Å². The minimum Gasteiger partial charge on any atom is -0.379 e. The first kappa shape index (κ1) is 25.8. The van der Waals surface area contributed by atoms with Crippen molar-refractivity contribution in [2.24, 2.45) is 0 Å². The fraction of sp³-hybridized carbons (Fsp3) is 1.00. The number of rotatable bonds is 17. The number of aliphatic hydroxyl groups excluding tert-OH is 3. The molecule has 0 rings (SSSR count). The fourth-order valence-electron chi connectivity index (χ4n) is 3.58. The maximum atomic E-state index is 10.1. The third-order valence-electron chi connectivity index (χ3n) is 5.25. The SMILES string of the molecule is CCCCCCCCCCCCN(C(C)O)C(C)CN(C(C)O)C(C)O. The zero-order valence-electron chi connectivity index (χ0n) is 18.0. The van der Waals surface area contributed by atoms with E-state index in [0.29, 0.717) is 6.54 Å². The summed E-state index contributed by atoms with van der Waals surface area (Å²) in [5.41, 5.74) is 0. The second kappa shape index (κ2) is 15.8. The molecule has 4 unspecified atom stereocenters. The Morgan fingerprint density at radius 2 is 0.962 bits per heavy atom. The van der Waals surface area contributed by atoms with E-state index in [2.05, 4.69) is 11.8 Å². The molecule has 4 atom stereocenters. The normalized spacial score (nSPS) is 16.8. The van der Waals surface area contributed by atoms with Crippen molar-refractivity contribution in [2.75, 3.05) is 13.1 Å². The first-order valence-corrected chi connectivity index (χ1v) is 10.9. The Morgan fingerprint density at radius 3 is 1.35 bits per heavy atom. The molecule has 0 aliphatic rings. The van der Waals surface area contributed by atoms with Crippen LogP contribution in [-0.2, 0) is 0 Å². The van der Waals surface area contributed by atoms with Gasteiger partial charge in [0.25, 0.3) is 0 Å². The minimum atomic E-state index is -0.703. The highest BCUT2D eigenvalue weighted by molar-refractivity contribution is 4.74. The summed E-state index contributed by atoms with van der Waals surface area (Å²) in [6.07, 6.45) is 11.1. The van der Waals surface area contributed by atoms with Crippen molar-refractivity contribution in [1.29, 1.82) is 0 Å². The van der Waals surface area contributed by atoms with Gasteiger partial charge in [-0.05, 0) is 34.1 Å². The molecule has 0 spiro atoms. The van der Waals surface area contributed by atoms with Crippen LogP contribution in [0.15, 0.2) is 0 Å². The van der Waals surface area contributed by atoms with E-state index in [0.717, 1.165) is 13.0 Å². The Hall–Kier alpha value is -0.200. The lowest BCUT2D eigenvalue weighted by Gasteiger charge is -2.37. The van der Waals surface area contributed by atoms with Crippen molar-refractivity contribution in [3.8, 4) is 0 Å². The largest absolute Gasteiger partial charge is 0.379 e. The Balaban J connectivity index is 4.02. The summed E-state index contributed by atoms with van der Waals surface area (Å²) in [4.78, 5) is 3.70. The molecule has 26 heavy (non-hydrogen) atoms. The van der Waals surface area contributed by atoms with E-state index < -0.39 is 18.7 Å². The Kier molecular flexibility index (Phi) is 15.7. The van der Waals surface area contributed by atoms with Crippen LogP contribution in [0.25, 0.3) is 0 Å². The van der Waals surface area contributed by atoms with Gasteiger partial charge >= 0.3 is 0 Å². The Morgan fingerprint density at radius 1 is 0.577 bits per heavy atom. The first-order valence-electron chi connectivity index (χ1n) is 10.9. The van der Waals surface area contributed by atoms with E-state index in [1.54, 1.807) is 25.7 Å². The topological polar surface area (TPSA) is 67.2 Å². The van der Waals surface area contributed by atoms with Crippen LogP contribution in [0.1, 0.15) is 98.8 Å². The van der Waals surface area contributed by atoms with Gasteiger partial charge in [0.05, 0.1) is 0 Å². The van der Waals surface area contributed by atoms with Crippen molar-refractivity contribution in [2.45, 2.75) is 124 Å². The van der Waals surface area contributed by atoms with Gasteiger partial charge in [0.1, 0.15) is 18.7 Å². The quantitative estimate of drug-likeness (QED) is 0.266. The molecule has 0 fully saturated rings. The van der Waals surface area contributed by atoms with E-state index in [-0.39, 0.29) is 6.04 Å². The summed E-state index contributed by atoms with van der Waals surface area (Å²) in [5.74, 6) is 0. The zero-order chi connectivity index (χ0) is 19.9. The Bertz CT molecular complexity index is 304. The lowest BCUT2D eigenvalue weighted by Crippen LogP contribution is -2.51. The molecule has 0 heterocycles. The van der Waals surface area contributed by atoms with Gasteiger partial charge in [-0.1, -0.05) is 64.7 Å². The van der Waals surface area contributed by atoms with Crippen LogP contribution >= 0.6 is 0 Å². The predicted octanol–water partition coefficient (Wildman–Crippen LogP) is 3.91. The molecule has 0 radical (unpaired) electrons. The van der Waals surface area contributed by atoms with Gasteiger partial charge in [-0.25, -0.2) is 0 Å². The smallest absolute Gasteiger partial charge is 0.106 e. The molecule has 3 N–H and O–H groups in total. The molecule has 0 saturated carbocycles. The number of aliphatic hydroxyl groups is 3. The third kappa shape index (κ3) is 12.2. The number of nitrogens with zero attached hydrogens (tertiary/aromatic N) is 2. The van der Waals surface area contributed by atoms with Crippen molar-refractivity contribution in [3.63, 3.8) is 0 Å². The van der Waals surface area contributed by atoms with Crippen LogP contribution in [-0.4, -0.2) is 62.9 Å². The summed E-state index contributed by atoms with van der Waals surface area (Å²) >= 11 is 0. The van der Waals surface area contributed by atoms with Gasteiger partial charge in [-0.15, -0.1) is 0 Å². The van der Waals surface area contributed by atoms with Crippen LogP contribution in [0.2, 0.25) is 0 Å². The molecular formula is C21H46N2O3. The molecular weight excluding hydrogens is 328 g/mol. The first-order chi connectivity index (χ1) is 12.3. The van der Waals surface area contributed by atoms with E-state index in [1.807, 2.05) is 6.92 Å². The van der Waals surface area contributed by atoms with Crippen LogP contribution < -0.4 is 0 Å². The highest BCUT2D eigenvalue weighted by atomic mass is 16.3. The van der Waals surface area contributed by atoms with Crippen molar-refractivity contribution in [3.05, 3.63) is 0 Å². The maximum Gasteiger partial charge on any atom is 0.106 e. The highest BCUT2D eigenvalue weighted by Gasteiger charge is 2.24. The summed E-state index contributed by atoms with van der Waals surface area (Å²) in [7, 11) is 0. The van der Waals surface area contributed by atoms with Gasteiger partial charge < -0.3 is 15.3 Å². The minimum absolute atomic E-state index is 0.0674. The van der Waals surface area contributed by atoms with Gasteiger partial charge in [-0.3, -0.25) is 9.80 Å². The van der Waals surface area contributed by atoms with E-state index >= 15 is 0 Å². The molecule has 5 nitrogen and oxygen atoms in total. The summed E-state index contributed by atoms with van der Waals surface area (Å²) < 4.78 is 0. The average Bonchev–Trinajstić information content (AvgIpc) is 2.56. The number of hydrogen-bond acceptors (Lipinski definition) is 5. The molecule has 0 saturated heterocycles. The van der Waals surface area contributed by atoms with Gasteiger partial charge in [0, 0.05) is 19.1 Å². The van der Waals surface area contributed by atoms with Crippen LogP contribution in [0, 0.1) is 0 Å². The number of unbranched alkanes of at least 4 members (excludes halogenated alkanes) is 9. The van der Waals surface area contributed by atoms with Crippen LogP contribution in [0.4, 0.5) is 0 Å². The predicted molar refractivity (Wildman–Crippen MR) is 110 cm³/mol. The van der Waals surface area contributed by atoms with E-state index in [9.17, 15) is 15.3 Å².